The molecule has 0 spiro atoms. The van der Waals surface area contributed by atoms with Gasteiger partial charge >= 0.3 is 13.9 Å². The average molecular weight is 628 g/mol. The predicted molar refractivity (Wildman–Crippen MR) is 157 cm³/mol. The number of anilines is 1. The van der Waals surface area contributed by atoms with Gasteiger partial charge in [-0.05, 0) is 44.0 Å². The van der Waals surface area contributed by atoms with Crippen molar-refractivity contribution in [3.8, 4) is 6.07 Å². The van der Waals surface area contributed by atoms with E-state index in [1.54, 1.807) is 32.9 Å². The van der Waals surface area contributed by atoms with Gasteiger partial charge in [0.15, 0.2) is 5.82 Å². The maximum absolute atomic E-state index is 13.8. The first-order valence-electron chi connectivity index (χ1n) is 14.0. The topological polar surface area (TPSA) is 208 Å². The van der Waals surface area contributed by atoms with Crippen molar-refractivity contribution in [3.63, 3.8) is 0 Å². The number of fused-ring (bicyclic) bond motifs is 2. The first kappa shape index (κ1) is 31.4. The number of nitrogens with zero attached hydrogens (tertiary/aromatic N) is 4. The Labute approximate surface area is 252 Å². The van der Waals surface area contributed by atoms with Gasteiger partial charge in [0.2, 0.25) is 12.4 Å². The van der Waals surface area contributed by atoms with Gasteiger partial charge < -0.3 is 30.0 Å². The predicted octanol–water partition coefficient (Wildman–Crippen LogP) is 3.40. The van der Waals surface area contributed by atoms with Crippen molar-refractivity contribution in [1.29, 1.82) is 5.26 Å². The van der Waals surface area contributed by atoms with Crippen molar-refractivity contribution < 1.29 is 37.7 Å². The molecule has 0 bridgehead atoms. The van der Waals surface area contributed by atoms with Crippen LogP contribution >= 0.6 is 7.75 Å². The number of para-hydroxylation sites is 1. The number of H-pyrrole nitrogens is 1. The maximum Gasteiger partial charge on any atom is 0.510 e. The first-order valence-corrected chi connectivity index (χ1v) is 15.5. The average Bonchev–Trinajstić information content (AvgIpc) is 3.68. The van der Waals surface area contributed by atoms with Crippen LogP contribution in [0.4, 0.5) is 10.6 Å². The van der Waals surface area contributed by atoms with Crippen LogP contribution in [0.3, 0.4) is 0 Å². The van der Waals surface area contributed by atoms with Crippen LogP contribution in [0.2, 0.25) is 0 Å². The van der Waals surface area contributed by atoms with Crippen molar-refractivity contribution in [2.45, 2.75) is 51.1 Å². The summed E-state index contributed by atoms with van der Waals surface area (Å²) in [6.07, 6.45) is -0.146. The van der Waals surface area contributed by atoms with E-state index in [1.807, 2.05) is 30.5 Å². The molecule has 16 heteroatoms. The summed E-state index contributed by atoms with van der Waals surface area (Å²) in [5, 5.41) is 29.4. The second-order valence-corrected chi connectivity index (χ2v) is 12.4. The third kappa shape index (κ3) is 6.27. The molecule has 0 aliphatic carbocycles. The molecule has 44 heavy (non-hydrogen) atoms. The molecule has 4 aromatic rings. The van der Waals surface area contributed by atoms with Gasteiger partial charge in [-0.15, -0.1) is 0 Å². The summed E-state index contributed by atoms with van der Waals surface area (Å²) in [7, 11) is -4.15. The van der Waals surface area contributed by atoms with Crippen LogP contribution in [-0.2, 0) is 39.8 Å². The summed E-state index contributed by atoms with van der Waals surface area (Å²) in [6, 6.07) is 13.2. The Morgan fingerprint density at radius 2 is 2.11 bits per heavy atom. The monoisotopic (exact) mass is 627 g/mol. The largest absolute Gasteiger partial charge is 0.510 e. The third-order valence-electron chi connectivity index (χ3n) is 7.41. The second kappa shape index (κ2) is 12.9. The number of hydrogen-bond donors (Lipinski definition) is 4. The van der Waals surface area contributed by atoms with E-state index in [0.29, 0.717) is 17.6 Å². The van der Waals surface area contributed by atoms with Crippen molar-refractivity contribution in [2.75, 3.05) is 25.7 Å². The molecular formula is C28H34N7O8P. The van der Waals surface area contributed by atoms with E-state index >= 15 is 0 Å². The van der Waals surface area contributed by atoms with E-state index in [9.17, 15) is 19.7 Å². The van der Waals surface area contributed by atoms with Gasteiger partial charge in [-0.2, -0.15) is 10.4 Å². The number of nitrogen functional groups attached to an aromatic ring is 1. The molecule has 15 nitrogen and oxygen atoms in total. The summed E-state index contributed by atoms with van der Waals surface area (Å²) >= 11 is 0. The molecule has 234 valence electrons. The van der Waals surface area contributed by atoms with Crippen LogP contribution in [0.15, 0.2) is 48.9 Å². The highest BCUT2D eigenvalue weighted by Crippen LogP contribution is 2.48. The fraction of sp³-hybridized carbons (Fsp3) is 0.429. The van der Waals surface area contributed by atoms with E-state index in [0.717, 1.165) is 16.5 Å². The van der Waals surface area contributed by atoms with Crippen LogP contribution in [0.25, 0.3) is 16.4 Å². The maximum atomic E-state index is 13.8. The fourth-order valence-electron chi connectivity index (χ4n) is 5.16. The summed E-state index contributed by atoms with van der Waals surface area (Å²) in [5.74, 6) is -0.540. The number of carbonyl (C=O) groups is 1. The van der Waals surface area contributed by atoms with E-state index < -0.39 is 57.1 Å². The summed E-state index contributed by atoms with van der Waals surface area (Å²) in [6.45, 7) is 3.96. The number of aromatic nitrogens is 4. The third-order valence-corrected chi connectivity index (χ3v) is 8.96. The molecular weight excluding hydrogens is 593 g/mol. The zero-order chi connectivity index (χ0) is 31.5. The summed E-state index contributed by atoms with van der Waals surface area (Å²) in [4.78, 5) is 19.0. The van der Waals surface area contributed by atoms with Crippen LogP contribution in [0.1, 0.15) is 32.0 Å². The zero-order valence-electron chi connectivity index (χ0n) is 24.4. The van der Waals surface area contributed by atoms with E-state index in [-0.39, 0.29) is 12.4 Å². The highest BCUT2D eigenvalue weighted by molar-refractivity contribution is 7.51. The van der Waals surface area contributed by atoms with Crippen molar-refractivity contribution in [3.05, 3.63) is 60.2 Å². The molecule has 1 aromatic carbocycles. The molecule has 0 radical (unpaired) electrons. The summed E-state index contributed by atoms with van der Waals surface area (Å²) < 4.78 is 42.3. The quantitative estimate of drug-likeness (QED) is 0.101. The number of aliphatic hydroxyl groups excluding tert-OH is 1. The number of benzene rings is 1. The number of nitrogens with two attached hydrogens (primary N) is 1. The molecule has 1 unspecified atom stereocenters. The van der Waals surface area contributed by atoms with Gasteiger partial charge in [-0.25, -0.2) is 23.9 Å². The minimum atomic E-state index is -4.15. The Bertz CT molecular complexity index is 1720. The molecule has 5 N–H and O–H groups in total. The van der Waals surface area contributed by atoms with Gasteiger partial charge in [0.1, 0.15) is 24.0 Å². The standard InChI is InChI=1S/C28H34N7O8P/c1-17(2)42-27(37)39-16-41-44(38,34-11-10-19-12-31-21-7-5-4-6-20(19)21)40-13-23-25(36)18(3)28(14-29,43-23)24-9-8-22-26(30)32-15-33-35(22)24/h4-9,12,15,17-18,23,25,31,36H,10-11,13,16H2,1-3H3,(H,34,38)(H2,30,32,33)/t18-,23+,25-,28+,44?/m0/s1. The van der Waals surface area contributed by atoms with Crippen LogP contribution in [0, 0.1) is 17.2 Å². The van der Waals surface area contributed by atoms with Gasteiger partial charge in [-0.1, -0.05) is 25.1 Å². The number of aromatic amines is 1. The molecule has 4 heterocycles. The zero-order valence-corrected chi connectivity index (χ0v) is 25.3. The van der Waals surface area contributed by atoms with Crippen LogP contribution < -0.4 is 10.8 Å². The Morgan fingerprint density at radius 1 is 1.32 bits per heavy atom. The van der Waals surface area contributed by atoms with Gasteiger partial charge in [0.05, 0.1) is 24.5 Å². The molecule has 1 saturated heterocycles. The lowest BCUT2D eigenvalue weighted by Gasteiger charge is -2.25. The van der Waals surface area contributed by atoms with Gasteiger partial charge in [0, 0.05) is 29.6 Å². The smallest absolute Gasteiger partial charge is 0.432 e. The number of aliphatic hydroxyl groups is 1. The Kier molecular flexibility index (Phi) is 9.21. The van der Waals surface area contributed by atoms with E-state index in [4.69, 9.17) is 29.0 Å². The molecule has 3 aromatic heterocycles. The highest BCUT2D eigenvalue weighted by atomic mass is 31.2. The highest BCUT2D eigenvalue weighted by Gasteiger charge is 2.56. The molecule has 5 atom stereocenters. The Morgan fingerprint density at radius 3 is 2.89 bits per heavy atom. The fourth-order valence-corrected chi connectivity index (χ4v) is 6.34. The number of nitrogens with one attached hydrogen (secondary N) is 2. The normalized spacial score (nSPS) is 23.1. The van der Waals surface area contributed by atoms with Crippen molar-refractivity contribution in [1.82, 2.24) is 24.7 Å². The number of rotatable bonds is 12. The molecule has 0 saturated carbocycles. The molecule has 5 rings (SSSR count). The number of carbonyl (C=O) groups excluding carboxylic acids is 1. The second-order valence-electron chi connectivity index (χ2n) is 10.6. The van der Waals surface area contributed by atoms with Crippen molar-refractivity contribution in [2.24, 2.45) is 5.92 Å². The summed E-state index contributed by atoms with van der Waals surface area (Å²) in [5.41, 5.74) is 7.06. The van der Waals surface area contributed by atoms with Gasteiger partial charge in [0.25, 0.3) is 0 Å². The lowest BCUT2D eigenvalue weighted by Crippen LogP contribution is -2.34. The number of nitriles is 1. The molecule has 0 amide bonds. The molecule has 1 aliphatic heterocycles. The minimum absolute atomic E-state index is 0.166. The van der Waals surface area contributed by atoms with Crippen LogP contribution in [0.5, 0.6) is 0 Å². The molecule has 1 aliphatic rings. The van der Waals surface area contributed by atoms with Gasteiger partial charge in [-0.3, -0.25) is 9.05 Å². The molecule has 1 fully saturated rings. The Balaban J connectivity index is 1.30. The SMILES string of the molecule is CC(C)OC(=O)OCOP(=O)(NCCc1c[nH]c2ccccc12)OC[C@H]1O[C@@](C#N)(c2ccc3c(N)ncnn23)[C@@H](C)[C@@H]1O. The van der Waals surface area contributed by atoms with Crippen molar-refractivity contribution >= 4 is 36.1 Å². The lowest BCUT2D eigenvalue weighted by atomic mass is 9.85. The first-order chi connectivity index (χ1) is 21.1. The lowest BCUT2D eigenvalue weighted by molar-refractivity contribution is -0.0563. The minimum Gasteiger partial charge on any atom is -0.432 e. The number of ether oxygens (including phenoxy) is 3. The van der Waals surface area contributed by atoms with E-state index in [2.05, 4.69) is 26.2 Å². The number of hydrogen-bond acceptors (Lipinski definition) is 12. The van der Waals surface area contributed by atoms with E-state index in [1.165, 1.54) is 10.8 Å². The Hall–Kier alpha value is -4.03. The van der Waals surface area contributed by atoms with Crippen LogP contribution in [-0.4, -0.2) is 69.1 Å².